The SMILES string of the molecule is Oc1ccc(/N=C/c2ccc(CCCCc3ccc(/C=N/c4ccc(O)cc4)cc3)cc2)cc1. The van der Waals surface area contributed by atoms with Crippen molar-refractivity contribution in [2.24, 2.45) is 9.98 Å². The van der Waals surface area contributed by atoms with E-state index in [1.54, 1.807) is 48.5 Å². The first-order chi connectivity index (χ1) is 16.6. The Balaban J connectivity index is 1.19. The van der Waals surface area contributed by atoms with Gasteiger partial charge < -0.3 is 10.2 Å². The van der Waals surface area contributed by atoms with Gasteiger partial charge in [-0.15, -0.1) is 0 Å². The van der Waals surface area contributed by atoms with E-state index in [9.17, 15) is 10.2 Å². The van der Waals surface area contributed by atoms with Gasteiger partial charge in [-0.2, -0.15) is 0 Å². The van der Waals surface area contributed by atoms with Crippen LogP contribution in [0.5, 0.6) is 11.5 Å². The Morgan fingerprint density at radius 3 is 1.18 bits per heavy atom. The van der Waals surface area contributed by atoms with Gasteiger partial charge in [0.1, 0.15) is 11.5 Å². The highest BCUT2D eigenvalue weighted by molar-refractivity contribution is 5.82. The Morgan fingerprint density at radius 1 is 0.471 bits per heavy atom. The minimum atomic E-state index is 0.247. The highest BCUT2D eigenvalue weighted by Gasteiger charge is 1.98. The number of aliphatic imine (C=N–C) groups is 2. The number of hydrogen-bond acceptors (Lipinski definition) is 4. The molecule has 0 saturated carbocycles. The Bertz CT molecular complexity index is 1120. The lowest BCUT2D eigenvalue weighted by Crippen LogP contribution is -1.91. The van der Waals surface area contributed by atoms with Crippen LogP contribution in [0.1, 0.15) is 35.1 Å². The summed E-state index contributed by atoms with van der Waals surface area (Å²) in [5.41, 5.74) is 6.43. The maximum Gasteiger partial charge on any atom is 0.115 e. The third-order valence-electron chi connectivity index (χ3n) is 5.57. The summed E-state index contributed by atoms with van der Waals surface area (Å²) in [5.74, 6) is 0.494. The molecule has 4 aromatic carbocycles. The molecule has 0 heterocycles. The molecule has 0 saturated heterocycles. The average molecular weight is 449 g/mol. The molecule has 0 aliphatic rings. The second-order valence-corrected chi connectivity index (χ2v) is 8.24. The van der Waals surface area contributed by atoms with Crippen LogP contribution >= 0.6 is 0 Å². The van der Waals surface area contributed by atoms with Crippen molar-refractivity contribution in [1.29, 1.82) is 0 Å². The third-order valence-corrected chi connectivity index (χ3v) is 5.57. The van der Waals surface area contributed by atoms with E-state index in [-0.39, 0.29) is 11.5 Å². The normalized spacial score (nSPS) is 11.4. The van der Waals surface area contributed by atoms with Gasteiger partial charge in [0.25, 0.3) is 0 Å². The van der Waals surface area contributed by atoms with E-state index in [2.05, 4.69) is 58.5 Å². The Kier molecular flexibility index (Phi) is 7.86. The zero-order valence-electron chi connectivity index (χ0n) is 19.0. The van der Waals surface area contributed by atoms with Gasteiger partial charge in [-0.3, -0.25) is 9.98 Å². The first-order valence-corrected chi connectivity index (χ1v) is 11.5. The Hall–Kier alpha value is -4.18. The molecule has 0 aromatic heterocycles. The molecule has 4 nitrogen and oxygen atoms in total. The number of hydrogen-bond donors (Lipinski definition) is 2. The van der Waals surface area contributed by atoms with E-state index in [1.807, 2.05) is 12.4 Å². The van der Waals surface area contributed by atoms with Crippen LogP contribution in [0.3, 0.4) is 0 Å². The van der Waals surface area contributed by atoms with Crippen molar-refractivity contribution in [3.05, 3.63) is 119 Å². The predicted octanol–water partition coefficient (Wildman–Crippen LogP) is 7.16. The fourth-order valence-corrected chi connectivity index (χ4v) is 3.57. The lowest BCUT2D eigenvalue weighted by atomic mass is 10.0. The highest BCUT2D eigenvalue weighted by atomic mass is 16.3. The minimum Gasteiger partial charge on any atom is -0.508 e. The summed E-state index contributed by atoms with van der Waals surface area (Å²) in [4.78, 5) is 8.88. The van der Waals surface area contributed by atoms with Crippen molar-refractivity contribution in [3.8, 4) is 11.5 Å². The quantitative estimate of drug-likeness (QED) is 0.211. The molecule has 0 atom stereocenters. The van der Waals surface area contributed by atoms with Crippen LogP contribution in [-0.4, -0.2) is 22.6 Å². The van der Waals surface area contributed by atoms with Gasteiger partial charge in [0.05, 0.1) is 11.4 Å². The number of rotatable bonds is 9. The summed E-state index contributed by atoms with van der Waals surface area (Å²) < 4.78 is 0. The van der Waals surface area contributed by atoms with E-state index in [1.165, 1.54) is 11.1 Å². The van der Waals surface area contributed by atoms with Crippen molar-refractivity contribution >= 4 is 23.8 Å². The number of unbranched alkanes of at least 4 members (excludes halogenated alkanes) is 1. The van der Waals surface area contributed by atoms with Gasteiger partial charge in [-0.1, -0.05) is 48.5 Å². The number of aromatic hydroxyl groups is 2. The number of phenols is 2. The van der Waals surface area contributed by atoms with Crippen molar-refractivity contribution in [1.82, 2.24) is 0 Å². The van der Waals surface area contributed by atoms with Gasteiger partial charge >= 0.3 is 0 Å². The van der Waals surface area contributed by atoms with Crippen LogP contribution in [0.15, 0.2) is 107 Å². The predicted molar refractivity (Wildman–Crippen MR) is 140 cm³/mol. The molecule has 4 rings (SSSR count). The van der Waals surface area contributed by atoms with Crippen LogP contribution in [0.25, 0.3) is 0 Å². The molecule has 170 valence electrons. The average Bonchev–Trinajstić information content (AvgIpc) is 2.87. The molecule has 4 aromatic rings. The second kappa shape index (κ2) is 11.6. The monoisotopic (exact) mass is 448 g/mol. The van der Waals surface area contributed by atoms with E-state index in [0.717, 1.165) is 48.2 Å². The Labute approximate surface area is 200 Å². The van der Waals surface area contributed by atoms with E-state index in [0.29, 0.717) is 0 Å². The molecular weight excluding hydrogens is 420 g/mol. The summed E-state index contributed by atoms with van der Waals surface area (Å²) in [6.45, 7) is 0. The van der Waals surface area contributed by atoms with Gasteiger partial charge in [0.15, 0.2) is 0 Å². The zero-order valence-corrected chi connectivity index (χ0v) is 19.0. The molecule has 2 N–H and O–H groups in total. The molecule has 0 amide bonds. The van der Waals surface area contributed by atoms with Crippen LogP contribution in [0, 0.1) is 0 Å². The number of aryl methyl sites for hydroxylation is 2. The highest BCUT2D eigenvalue weighted by Crippen LogP contribution is 2.18. The number of phenolic OH excluding ortho intramolecular Hbond substituents is 2. The van der Waals surface area contributed by atoms with Crippen molar-refractivity contribution in [2.75, 3.05) is 0 Å². The molecule has 0 aliphatic heterocycles. The third kappa shape index (κ3) is 7.17. The fourth-order valence-electron chi connectivity index (χ4n) is 3.57. The molecule has 0 aliphatic carbocycles. The van der Waals surface area contributed by atoms with E-state index in [4.69, 9.17) is 0 Å². The molecule has 4 heteroatoms. The van der Waals surface area contributed by atoms with Gasteiger partial charge in [0, 0.05) is 12.4 Å². The lowest BCUT2D eigenvalue weighted by Gasteiger charge is -2.04. The largest absolute Gasteiger partial charge is 0.508 e. The summed E-state index contributed by atoms with van der Waals surface area (Å²) in [6.07, 6.45) is 8.10. The molecule has 0 unspecified atom stereocenters. The molecule has 0 fully saturated rings. The van der Waals surface area contributed by atoms with E-state index < -0.39 is 0 Å². The number of benzene rings is 4. The van der Waals surface area contributed by atoms with Crippen LogP contribution in [0.4, 0.5) is 11.4 Å². The van der Waals surface area contributed by atoms with Crippen LogP contribution < -0.4 is 0 Å². The number of nitrogens with zero attached hydrogens (tertiary/aromatic N) is 2. The Morgan fingerprint density at radius 2 is 0.824 bits per heavy atom. The minimum absolute atomic E-state index is 0.247. The molecule has 0 radical (unpaired) electrons. The van der Waals surface area contributed by atoms with Gasteiger partial charge in [-0.25, -0.2) is 0 Å². The molecule has 0 spiro atoms. The van der Waals surface area contributed by atoms with Gasteiger partial charge in [-0.05, 0) is 96.5 Å². The second-order valence-electron chi connectivity index (χ2n) is 8.24. The van der Waals surface area contributed by atoms with Gasteiger partial charge in [0.2, 0.25) is 0 Å². The lowest BCUT2D eigenvalue weighted by molar-refractivity contribution is 0.475. The molecule has 34 heavy (non-hydrogen) atoms. The first kappa shape index (κ1) is 23.0. The van der Waals surface area contributed by atoms with Crippen LogP contribution in [0.2, 0.25) is 0 Å². The van der Waals surface area contributed by atoms with Crippen molar-refractivity contribution < 1.29 is 10.2 Å². The molecular formula is C30H28N2O2. The fraction of sp³-hybridized carbons (Fsp3) is 0.133. The zero-order chi connectivity index (χ0) is 23.6. The summed E-state index contributed by atoms with van der Waals surface area (Å²) in [6, 6.07) is 30.8. The van der Waals surface area contributed by atoms with E-state index >= 15 is 0 Å². The summed E-state index contributed by atoms with van der Waals surface area (Å²) >= 11 is 0. The van der Waals surface area contributed by atoms with Crippen molar-refractivity contribution in [2.45, 2.75) is 25.7 Å². The summed E-state index contributed by atoms with van der Waals surface area (Å²) in [7, 11) is 0. The first-order valence-electron chi connectivity index (χ1n) is 11.5. The maximum atomic E-state index is 9.34. The van der Waals surface area contributed by atoms with Crippen molar-refractivity contribution in [3.63, 3.8) is 0 Å². The van der Waals surface area contributed by atoms with Crippen LogP contribution in [-0.2, 0) is 12.8 Å². The summed E-state index contributed by atoms with van der Waals surface area (Å²) in [5, 5.41) is 18.7. The standard InChI is InChI=1S/C30H28N2O2/c33-29-17-13-27(14-18-29)31-21-25-9-5-23(6-10-25)3-1-2-4-24-7-11-26(12-8-24)22-32-28-15-19-30(34)20-16-28/h5-22,33-34H,1-4H2/b31-21+,32-22+. The topological polar surface area (TPSA) is 65.2 Å². The molecule has 0 bridgehead atoms. The smallest absolute Gasteiger partial charge is 0.115 e. The maximum absolute atomic E-state index is 9.34.